The van der Waals surface area contributed by atoms with Crippen molar-refractivity contribution in [3.05, 3.63) is 56.5 Å². The third kappa shape index (κ3) is 3.70. The summed E-state index contributed by atoms with van der Waals surface area (Å²) in [5.41, 5.74) is 4.06. The minimum Gasteiger partial charge on any atom is -0.377 e. The van der Waals surface area contributed by atoms with E-state index in [-0.39, 0.29) is 5.91 Å². The van der Waals surface area contributed by atoms with Gasteiger partial charge in [-0.15, -0.1) is 11.3 Å². The Hall–Kier alpha value is -1.53. The number of carbonyl (C=O) groups excluding carboxylic acids is 1. The maximum absolute atomic E-state index is 11.3. The molecule has 25 heavy (non-hydrogen) atoms. The second kappa shape index (κ2) is 7.79. The third-order valence-electron chi connectivity index (χ3n) is 4.21. The highest BCUT2D eigenvalue weighted by atomic mass is 35.5. The molecule has 0 radical (unpaired) electrons. The molecular formula is C18H18Cl2N2O2S. The summed E-state index contributed by atoms with van der Waals surface area (Å²) < 4.78 is 6.76. The minimum atomic E-state index is -0.166. The third-order valence-corrected chi connectivity index (χ3v) is 6.14. The van der Waals surface area contributed by atoms with Crippen LogP contribution in [-0.4, -0.2) is 25.0 Å². The Kier molecular flexibility index (Phi) is 5.69. The molecule has 0 spiro atoms. The van der Waals surface area contributed by atoms with Gasteiger partial charge in [0.2, 0.25) is 0 Å². The summed E-state index contributed by atoms with van der Waals surface area (Å²) in [5, 5.41) is 3.00. The number of aromatic nitrogens is 1. The number of H-pyrrole nitrogens is 1. The van der Waals surface area contributed by atoms with Crippen LogP contribution < -0.4 is 5.32 Å². The van der Waals surface area contributed by atoms with Crippen LogP contribution >= 0.6 is 34.5 Å². The molecule has 0 saturated heterocycles. The van der Waals surface area contributed by atoms with E-state index >= 15 is 0 Å². The molecule has 1 amide bonds. The van der Waals surface area contributed by atoms with Crippen molar-refractivity contribution < 1.29 is 9.53 Å². The number of aromatic amines is 1. The molecule has 1 aliphatic rings. The van der Waals surface area contributed by atoms with Gasteiger partial charge in [-0.05, 0) is 30.0 Å². The molecule has 0 aliphatic heterocycles. The van der Waals surface area contributed by atoms with Crippen molar-refractivity contribution in [2.45, 2.75) is 18.9 Å². The summed E-state index contributed by atoms with van der Waals surface area (Å²) in [4.78, 5) is 14.2. The summed E-state index contributed by atoms with van der Waals surface area (Å²) in [6, 6.07) is 10.3. The quantitative estimate of drug-likeness (QED) is 0.623. The zero-order valence-electron chi connectivity index (χ0n) is 13.9. The van der Waals surface area contributed by atoms with Crippen molar-refractivity contribution in [2.75, 3.05) is 14.2 Å². The van der Waals surface area contributed by atoms with Gasteiger partial charge in [-0.25, -0.2) is 0 Å². The van der Waals surface area contributed by atoms with Gasteiger partial charge in [0.25, 0.3) is 5.91 Å². The van der Waals surface area contributed by atoms with Crippen molar-refractivity contribution >= 4 is 50.7 Å². The van der Waals surface area contributed by atoms with Crippen molar-refractivity contribution in [2.24, 2.45) is 0 Å². The molecule has 4 nitrogen and oxygen atoms in total. The Bertz CT molecular complexity index is 904. The number of aryl methyl sites for hydroxylation is 1. The van der Waals surface area contributed by atoms with E-state index in [1.54, 1.807) is 20.2 Å². The number of hydrogen-bond donors (Lipinski definition) is 2. The summed E-state index contributed by atoms with van der Waals surface area (Å²) >= 11 is 13.1. The standard InChI is InChI=1S/C10H12O.C8H6Cl2N2OS/c1-11-10-7-6-8-4-2-3-5-9(8)10;1-11-8(13)3-2-4-6(12-3)5(9)7(10)14-4/h2-5,10H,6-7H2,1H3;2,12H,1H3,(H,11,13). The highest BCUT2D eigenvalue weighted by Crippen LogP contribution is 2.38. The number of thiophene rings is 1. The van der Waals surface area contributed by atoms with Crippen LogP contribution in [-0.2, 0) is 11.2 Å². The molecular weight excluding hydrogens is 379 g/mol. The average molecular weight is 397 g/mol. The van der Waals surface area contributed by atoms with Gasteiger partial charge in [-0.3, -0.25) is 4.79 Å². The lowest BCUT2D eigenvalue weighted by Crippen LogP contribution is -2.17. The number of nitrogens with one attached hydrogen (secondary N) is 2. The number of halogens is 2. The van der Waals surface area contributed by atoms with E-state index in [1.807, 2.05) is 0 Å². The van der Waals surface area contributed by atoms with Crippen molar-refractivity contribution in [1.29, 1.82) is 0 Å². The first-order chi connectivity index (χ1) is 12.0. The smallest absolute Gasteiger partial charge is 0.267 e. The average Bonchev–Trinajstić information content (AvgIpc) is 3.30. The van der Waals surface area contributed by atoms with Gasteiger partial charge in [0.1, 0.15) is 10.0 Å². The molecule has 1 atom stereocenters. The van der Waals surface area contributed by atoms with E-state index in [9.17, 15) is 4.79 Å². The number of rotatable bonds is 2. The Morgan fingerprint density at radius 2 is 2.12 bits per heavy atom. The fraction of sp³-hybridized carbons (Fsp3) is 0.278. The van der Waals surface area contributed by atoms with Crippen LogP contribution in [0.1, 0.15) is 34.1 Å². The highest BCUT2D eigenvalue weighted by Gasteiger charge is 2.20. The number of hydrogen-bond acceptors (Lipinski definition) is 3. The van der Waals surface area contributed by atoms with Gasteiger partial charge in [0, 0.05) is 14.2 Å². The normalized spacial score (nSPS) is 15.6. The number of methoxy groups -OCH3 is 1. The molecule has 0 bridgehead atoms. The zero-order chi connectivity index (χ0) is 18.0. The first-order valence-electron chi connectivity index (χ1n) is 7.84. The van der Waals surface area contributed by atoms with Gasteiger partial charge in [0.05, 0.1) is 21.3 Å². The first-order valence-corrected chi connectivity index (χ1v) is 9.41. The second-order valence-electron chi connectivity index (χ2n) is 5.65. The van der Waals surface area contributed by atoms with Crippen LogP contribution in [0.3, 0.4) is 0 Å². The second-order valence-corrected chi connectivity index (χ2v) is 7.69. The number of fused-ring (bicyclic) bond motifs is 2. The molecule has 132 valence electrons. The SMILES string of the molecule is CNC(=O)c1cc2sc(Cl)c(Cl)c2[nH]1.COC1CCc2ccccc21. The molecule has 4 rings (SSSR count). The molecule has 7 heteroatoms. The monoisotopic (exact) mass is 396 g/mol. The van der Waals surface area contributed by atoms with Crippen LogP contribution in [0, 0.1) is 0 Å². The largest absolute Gasteiger partial charge is 0.377 e. The van der Waals surface area contributed by atoms with E-state index < -0.39 is 0 Å². The van der Waals surface area contributed by atoms with Crippen LogP contribution in [0.5, 0.6) is 0 Å². The Labute approximate surface area is 160 Å². The molecule has 0 saturated carbocycles. The minimum absolute atomic E-state index is 0.166. The maximum Gasteiger partial charge on any atom is 0.267 e. The van der Waals surface area contributed by atoms with Gasteiger partial charge in [-0.1, -0.05) is 47.5 Å². The van der Waals surface area contributed by atoms with Crippen molar-refractivity contribution in [3.63, 3.8) is 0 Å². The van der Waals surface area contributed by atoms with Crippen LogP contribution in [0.15, 0.2) is 30.3 Å². The summed E-state index contributed by atoms with van der Waals surface area (Å²) in [5.74, 6) is -0.166. The van der Waals surface area contributed by atoms with Gasteiger partial charge in [0.15, 0.2) is 0 Å². The number of benzene rings is 1. The summed E-state index contributed by atoms with van der Waals surface area (Å²) in [7, 11) is 3.36. The van der Waals surface area contributed by atoms with Crippen LogP contribution in [0.4, 0.5) is 0 Å². The lowest BCUT2D eigenvalue weighted by atomic mass is 10.1. The van der Waals surface area contributed by atoms with E-state index in [0.29, 0.717) is 21.2 Å². The van der Waals surface area contributed by atoms with Gasteiger partial charge in [-0.2, -0.15) is 0 Å². The molecule has 1 unspecified atom stereocenters. The van der Waals surface area contributed by atoms with Crippen LogP contribution in [0.2, 0.25) is 9.36 Å². The molecule has 1 aliphatic carbocycles. The molecule has 3 aromatic rings. The predicted molar refractivity (Wildman–Crippen MR) is 104 cm³/mol. The number of carbonyl (C=O) groups is 1. The van der Waals surface area contributed by atoms with E-state index in [4.69, 9.17) is 27.9 Å². The lowest BCUT2D eigenvalue weighted by Gasteiger charge is -2.07. The highest BCUT2D eigenvalue weighted by molar-refractivity contribution is 7.23. The van der Waals surface area contributed by atoms with E-state index in [0.717, 1.165) is 16.6 Å². The summed E-state index contributed by atoms with van der Waals surface area (Å²) in [6.07, 6.45) is 2.68. The number of ether oxygens (including phenoxy) is 1. The van der Waals surface area contributed by atoms with Crippen molar-refractivity contribution in [3.8, 4) is 0 Å². The number of amides is 1. The van der Waals surface area contributed by atoms with E-state index in [1.165, 1.54) is 28.9 Å². The molecule has 1 aromatic carbocycles. The van der Waals surface area contributed by atoms with Crippen LogP contribution in [0.25, 0.3) is 10.2 Å². The Morgan fingerprint density at radius 3 is 2.80 bits per heavy atom. The fourth-order valence-corrected chi connectivity index (χ4v) is 4.42. The van der Waals surface area contributed by atoms with Gasteiger partial charge >= 0.3 is 0 Å². The molecule has 2 aromatic heterocycles. The topological polar surface area (TPSA) is 54.1 Å². The zero-order valence-corrected chi connectivity index (χ0v) is 16.2. The van der Waals surface area contributed by atoms with E-state index in [2.05, 4.69) is 34.6 Å². The first kappa shape index (κ1) is 18.3. The van der Waals surface area contributed by atoms with Crippen molar-refractivity contribution in [1.82, 2.24) is 10.3 Å². The predicted octanol–water partition coefficient (Wildman–Crippen LogP) is 5.22. The lowest BCUT2D eigenvalue weighted by molar-refractivity contribution is 0.0959. The Morgan fingerprint density at radius 1 is 1.36 bits per heavy atom. The molecule has 2 heterocycles. The fourth-order valence-electron chi connectivity index (χ4n) is 2.94. The Balaban J connectivity index is 0.000000150. The summed E-state index contributed by atoms with van der Waals surface area (Å²) in [6.45, 7) is 0. The maximum atomic E-state index is 11.3. The van der Waals surface area contributed by atoms with Gasteiger partial charge < -0.3 is 15.0 Å². The molecule has 2 N–H and O–H groups in total. The molecule has 0 fully saturated rings.